The minimum absolute atomic E-state index is 0.0263. The summed E-state index contributed by atoms with van der Waals surface area (Å²) in [6.45, 7) is 10.2. The van der Waals surface area contributed by atoms with Gasteiger partial charge in [-0.25, -0.2) is 9.18 Å². The molecule has 1 aromatic rings. The zero-order valence-electron chi connectivity index (χ0n) is 13.7. The number of amides is 3. The van der Waals surface area contributed by atoms with E-state index in [1.165, 1.54) is 25.1 Å². The van der Waals surface area contributed by atoms with Crippen molar-refractivity contribution in [3.05, 3.63) is 24.0 Å². The molecule has 0 radical (unpaired) electrons. The second kappa shape index (κ2) is 7.24. The smallest absolute Gasteiger partial charge is 0.319 e. The van der Waals surface area contributed by atoms with Gasteiger partial charge in [0.1, 0.15) is 5.82 Å². The Hall–Kier alpha value is -2.11. The number of benzene rings is 1. The van der Waals surface area contributed by atoms with Crippen LogP contribution in [0.4, 0.5) is 20.6 Å². The lowest BCUT2D eigenvalue weighted by Gasteiger charge is -2.29. The molecule has 1 rings (SSSR count). The lowest BCUT2D eigenvalue weighted by atomic mass is 9.81. The second-order valence-electron chi connectivity index (χ2n) is 6.33. The van der Waals surface area contributed by atoms with Crippen LogP contribution in [0.2, 0.25) is 0 Å². The Morgan fingerprint density at radius 1 is 1.23 bits per heavy atom. The maximum Gasteiger partial charge on any atom is 0.319 e. The van der Waals surface area contributed by atoms with Crippen molar-refractivity contribution in [2.24, 2.45) is 11.3 Å². The summed E-state index contributed by atoms with van der Waals surface area (Å²) >= 11 is 0. The van der Waals surface area contributed by atoms with Crippen LogP contribution in [0.3, 0.4) is 0 Å². The fraction of sp³-hybridized carbons (Fsp3) is 0.500. The van der Waals surface area contributed by atoms with Crippen molar-refractivity contribution in [3.63, 3.8) is 0 Å². The summed E-state index contributed by atoms with van der Waals surface area (Å²) in [5.74, 6) is -0.508. The van der Waals surface area contributed by atoms with E-state index in [4.69, 9.17) is 0 Å². The number of anilines is 2. The highest BCUT2D eigenvalue weighted by atomic mass is 19.1. The Morgan fingerprint density at radius 3 is 2.41 bits per heavy atom. The average molecular weight is 309 g/mol. The van der Waals surface area contributed by atoms with Gasteiger partial charge in [0.25, 0.3) is 0 Å². The summed E-state index contributed by atoms with van der Waals surface area (Å²) in [7, 11) is 0. The molecule has 5 nitrogen and oxygen atoms in total. The molecular weight excluding hydrogens is 285 g/mol. The van der Waals surface area contributed by atoms with Gasteiger partial charge in [0.2, 0.25) is 5.91 Å². The molecule has 0 saturated heterocycles. The highest BCUT2D eigenvalue weighted by Crippen LogP contribution is 2.24. The van der Waals surface area contributed by atoms with Gasteiger partial charge in [-0.3, -0.25) is 4.79 Å². The Labute approximate surface area is 130 Å². The summed E-state index contributed by atoms with van der Waals surface area (Å²) in [5.41, 5.74) is 0.416. The largest absolute Gasteiger partial charge is 0.337 e. The van der Waals surface area contributed by atoms with Gasteiger partial charge in [0.15, 0.2) is 0 Å². The lowest BCUT2D eigenvalue weighted by Crippen LogP contribution is -2.39. The number of hydrogen-bond donors (Lipinski definition) is 3. The summed E-state index contributed by atoms with van der Waals surface area (Å²) in [6.07, 6.45) is 0. The average Bonchev–Trinajstić information content (AvgIpc) is 2.40. The number of carbonyl (C=O) groups excluding carboxylic acids is 2. The van der Waals surface area contributed by atoms with E-state index in [-0.39, 0.29) is 23.0 Å². The first-order valence-electron chi connectivity index (χ1n) is 7.24. The predicted molar refractivity (Wildman–Crippen MR) is 86.3 cm³/mol. The number of carbonyl (C=O) groups is 2. The first kappa shape index (κ1) is 17.9. The number of urea groups is 1. The van der Waals surface area contributed by atoms with Gasteiger partial charge in [-0.15, -0.1) is 0 Å². The van der Waals surface area contributed by atoms with Crippen LogP contribution in [0, 0.1) is 17.2 Å². The first-order valence-corrected chi connectivity index (χ1v) is 7.24. The molecule has 22 heavy (non-hydrogen) atoms. The Kier molecular flexibility index (Phi) is 5.91. The van der Waals surface area contributed by atoms with E-state index in [1.54, 1.807) is 0 Å². The van der Waals surface area contributed by atoms with Crippen molar-refractivity contribution in [1.82, 2.24) is 5.32 Å². The maximum atomic E-state index is 13.5. The fourth-order valence-electron chi connectivity index (χ4n) is 1.58. The van der Waals surface area contributed by atoms with Crippen LogP contribution < -0.4 is 16.0 Å². The summed E-state index contributed by atoms with van der Waals surface area (Å²) < 4.78 is 13.5. The number of halogens is 1. The summed E-state index contributed by atoms with van der Waals surface area (Å²) in [5, 5.41) is 7.79. The van der Waals surface area contributed by atoms with E-state index in [0.717, 1.165) is 0 Å². The third-order valence-corrected chi connectivity index (χ3v) is 3.80. The van der Waals surface area contributed by atoms with Crippen LogP contribution in [0.1, 0.15) is 34.6 Å². The van der Waals surface area contributed by atoms with Crippen LogP contribution in [0.25, 0.3) is 0 Å². The predicted octanol–water partition coefficient (Wildman–Crippen LogP) is 3.59. The summed E-state index contributed by atoms with van der Waals surface area (Å²) in [4.78, 5) is 22.9. The SMILES string of the molecule is CC(=O)Nc1cc(NC(=O)NCC(C)(C)C(C)C)ccc1F. The second-order valence-corrected chi connectivity index (χ2v) is 6.33. The first-order chi connectivity index (χ1) is 10.1. The van der Waals surface area contributed by atoms with Crippen LogP contribution in [0.15, 0.2) is 18.2 Å². The highest BCUT2D eigenvalue weighted by molar-refractivity contribution is 5.92. The van der Waals surface area contributed by atoms with Gasteiger partial charge < -0.3 is 16.0 Å². The van der Waals surface area contributed by atoms with Gasteiger partial charge in [-0.2, -0.15) is 0 Å². The maximum absolute atomic E-state index is 13.5. The highest BCUT2D eigenvalue weighted by Gasteiger charge is 2.22. The standard InChI is InChI=1S/C16H24FN3O2/c1-10(2)16(4,5)9-18-15(22)20-12-6-7-13(17)14(8-12)19-11(3)21/h6-8,10H,9H2,1-5H3,(H,19,21)(H2,18,20,22). The topological polar surface area (TPSA) is 70.2 Å². The van der Waals surface area contributed by atoms with Gasteiger partial charge in [0.05, 0.1) is 5.69 Å². The normalized spacial score (nSPS) is 11.2. The molecule has 3 N–H and O–H groups in total. The minimum atomic E-state index is -0.554. The minimum Gasteiger partial charge on any atom is -0.337 e. The molecule has 3 amide bonds. The van der Waals surface area contributed by atoms with Crippen LogP contribution >= 0.6 is 0 Å². The van der Waals surface area contributed by atoms with E-state index in [1.807, 2.05) is 0 Å². The molecule has 6 heteroatoms. The van der Waals surface area contributed by atoms with E-state index in [2.05, 4.69) is 43.6 Å². The molecule has 0 aliphatic carbocycles. The number of nitrogens with one attached hydrogen (secondary N) is 3. The van der Waals surface area contributed by atoms with E-state index in [0.29, 0.717) is 18.2 Å². The molecule has 1 aromatic carbocycles. The van der Waals surface area contributed by atoms with Gasteiger partial charge in [-0.1, -0.05) is 27.7 Å². The Balaban J connectivity index is 2.67. The van der Waals surface area contributed by atoms with E-state index >= 15 is 0 Å². The van der Waals surface area contributed by atoms with Crippen molar-refractivity contribution in [2.45, 2.75) is 34.6 Å². The van der Waals surface area contributed by atoms with Crippen LogP contribution in [-0.4, -0.2) is 18.5 Å². The monoisotopic (exact) mass is 309 g/mol. The van der Waals surface area contributed by atoms with Crippen molar-refractivity contribution in [2.75, 3.05) is 17.2 Å². The van der Waals surface area contributed by atoms with Crippen LogP contribution in [0.5, 0.6) is 0 Å². The quantitative estimate of drug-likeness (QED) is 0.778. The fourth-order valence-corrected chi connectivity index (χ4v) is 1.58. The third-order valence-electron chi connectivity index (χ3n) is 3.80. The number of hydrogen-bond acceptors (Lipinski definition) is 2. The molecule has 0 bridgehead atoms. The number of rotatable bonds is 5. The van der Waals surface area contributed by atoms with Crippen molar-refractivity contribution in [1.29, 1.82) is 0 Å². The molecule has 0 aliphatic rings. The molecule has 0 unspecified atom stereocenters. The molecular formula is C16H24FN3O2. The van der Waals surface area contributed by atoms with Gasteiger partial charge in [0, 0.05) is 19.2 Å². The zero-order valence-corrected chi connectivity index (χ0v) is 13.7. The molecule has 0 atom stereocenters. The summed E-state index contributed by atoms with van der Waals surface area (Å²) in [6, 6.07) is 3.64. The van der Waals surface area contributed by atoms with Crippen molar-refractivity contribution < 1.29 is 14.0 Å². The van der Waals surface area contributed by atoms with Crippen molar-refractivity contribution >= 4 is 23.3 Å². The molecule has 122 valence electrons. The van der Waals surface area contributed by atoms with Crippen molar-refractivity contribution in [3.8, 4) is 0 Å². The van der Waals surface area contributed by atoms with Gasteiger partial charge in [-0.05, 0) is 29.5 Å². The van der Waals surface area contributed by atoms with Crippen LogP contribution in [-0.2, 0) is 4.79 Å². The molecule has 0 aromatic heterocycles. The molecule has 0 spiro atoms. The Morgan fingerprint density at radius 2 is 1.86 bits per heavy atom. The zero-order chi connectivity index (χ0) is 16.9. The lowest BCUT2D eigenvalue weighted by molar-refractivity contribution is -0.114. The molecule has 0 fully saturated rings. The molecule has 0 aliphatic heterocycles. The molecule has 0 saturated carbocycles. The molecule has 0 heterocycles. The van der Waals surface area contributed by atoms with Gasteiger partial charge >= 0.3 is 6.03 Å². The third kappa shape index (κ3) is 5.35. The van der Waals surface area contributed by atoms with E-state index in [9.17, 15) is 14.0 Å². The Bertz CT molecular complexity index is 556. The van der Waals surface area contributed by atoms with E-state index < -0.39 is 5.82 Å².